The standard InChI is InChI=1S/C22H33N3O3S/c1-16-7-11-24(12-8-16)20-6-3-18(22(26)23-19-4-5-19)15-21(20)29(27,28)25-13-9-17(2)10-14-25/h3,6,15-17,19H,4-5,7-14H2,1-2H3,(H,23,26). The van der Waals surface area contributed by atoms with Crippen LogP contribution in [0.2, 0.25) is 0 Å². The lowest BCUT2D eigenvalue weighted by molar-refractivity contribution is 0.0951. The molecular formula is C22H33N3O3S. The lowest BCUT2D eigenvalue weighted by Gasteiger charge is -2.35. The number of anilines is 1. The third-order valence-corrected chi connectivity index (χ3v) is 8.55. The fourth-order valence-corrected chi connectivity index (χ4v) is 5.94. The molecule has 4 rings (SSSR count). The van der Waals surface area contributed by atoms with Crippen LogP contribution in [0.5, 0.6) is 0 Å². The summed E-state index contributed by atoms with van der Waals surface area (Å²) in [6.45, 7) is 7.24. The van der Waals surface area contributed by atoms with E-state index in [0.29, 0.717) is 35.4 Å². The van der Waals surface area contributed by atoms with Crippen molar-refractivity contribution in [1.29, 1.82) is 0 Å². The van der Waals surface area contributed by atoms with Gasteiger partial charge in [-0.25, -0.2) is 8.42 Å². The second-order valence-corrected chi connectivity index (χ2v) is 11.1. The van der Waals surface area contributed by atoms with E-state index in [1.54, 1.807) is 16.4 Å². The van der Waals surface area contributed by atoms with E-state index in [-0.39, 0.29) is 11.9 Å². The third kappa shape index (κ3) is 4.61. The first-order valence-corrected chi connectivity index (χ1v) is 12.5. The first kappa shape index (κ1) is 20.7. The van der Waals surface area contributed by atoms with Crippen molar-refractivity contribution in [1.82, 2.24) is 9.62 Å². The van der Waals surface area contributed by atoms with E-state index in [0.717, 1.165) is 57.3 Å². The fraction of sp³-hybridized carbons (Fsp3) is 0.682. The molecule has 2 heterocycles. The summed E-state index contributed by atoms with van der Waals surface area (Å²) in [4.78, 5) is 15.1. The molecule has 160 valence electrons. The van der Waals surface area contributed by atoms with Crippen LogP contribution in [0.25, 0.3) is 0 Å². The van der Waals surface area contributed by atoms with Gasteiger partial charge in [-0.1, -0.05) is 13.8 Å². The Labute approximate surface area is 174 Å². The zero-order chi connectivity index (χ0) is 20.6. The molecule has 0 bridgehead atoms. The van der Waals surface area contributed by atoms with E-state index in [4.69, 9.17) is 0 Å². The minimum Gasteiger partial charge on any atom is -0.370 e. The smallest absolute Gasteiger partial charge is 0.251 e. The first-order chi connectivity index (χ1) is 13.8. The van der Waals surface area contributed by atoms with Crippen molar-refractivity contribution in [2.45, 2.75) is 63.3 Å². The van der Waals surface area contributed by atoms with Gasteiger partial charge in [0.25, 0.3) is 5.91 Å². The number of benzene rings is 1. The average molecular weight is 420 g/mol. The summed E-state index contributed by atoms with van der Waals surface area (Å²) in [6.07, 6.45) is 5.91. The topological polar surface area (TPSA) is 69.7 Å². The van der Waals surface area contributed by atoms with Crippen molar-refractivity contribution in [3.05, 3.63) is 23.8 Å². The molecule has 0 spiro atoms. The van der Waals surface area contributed by atoms with Crippen LogP contribution in [0.3, 0.4) is 0 Å². The summed E-state index contributed by atoms with van der Waals surface area (Å²) in [5, 5.41) is 2.98. The molecule has 1 N–H and O–H groups in total. The predicted molar refractivity (Wildman–Crippen MR) is 115 cm³/mol. The van der Waals surface area contributed by atoms with Crippen molar-refractivity contribution in [3.63, 3.8) is 0 Å². The summed E-state index contributed by atoms with van der Waals surface area (Å²) >= 11 is 0. The summed E-state index contributed by atoms with van der Waals surface area (Å²) in [5.74, 6) is 1.05. The van der Waals surface area contributed by atoms with Gasteiger partial charge >= 0.3 is 0 Å². The number of hydrogen-bond acceptors (Lipinski definition) is 4. The fourth-order valence-electron chi connectivity index (χ4n) is 4.23. The second-order valence-electron chi connectivity index (χ2n) is 9.19. The van der Waals surface area contributed by atoms with Crippen molar-refractivity contribution >= 4 is 21.6 Å². The van der Waals surface area contributed by atoms with Gasteiger partial charge in [0, 0.05) is 37.8 Å². The largest absolute Gasteiger partial charge is 0.370 e. The van der Waals surface area contributed by atoms with Gasteiger partial charge in [0.15, 0.2) is 0 Å². The molecule has 0 aromatic heterocycles. The lowest BCUT2D eigenvalue weighted by atomic mass is 9.98. The molecule has 1 saturated carbocycles. The predicted octanol–water partition coefficient (Wildman–Crippen LogP) is 3.24. The number of hydrogen-bond donors (Lipinski definition) is 1. The maximum absolute atomic E-state index is 13.6. The minimum absolute atomic E-state index is 0.171. The molecule has 3 aliphatic rings. The Morgan fingerprint density at radius 3 is 2.10 bits per heavy atom. The van der Waals surface area contributed by atoms with Gasteiger partial charge in [-0.2, -0.15) is 4.31 Å². The molecule has 0 unspecified atom stereocenters. The number of rotatable bonds is 5. The van der Waals surface area contributed by atoms with Crippen LogP contribution < -0.4 is 10.2 Å². The molecule has 0 atom stereocenters. The Morgan fingerprint density at radius 2 is 1.52 bits per heavy atom. The molecule has 6 nitrogen and oxygen atoms in total. The van der Waals surface area contributed by atoms with Crippen molar-refractivity contribution in [2.24, 2.45) is 11.8 Å². The number of nitrogens with one attached hydrogen (secondary N) is 1. The van der Waals surface area contributed by atoms with Gasteiger partial charge in [-0.3, -0.25) is 4.79 Å². The normalized spacial score (nSPS) is 22.6. The molecule has 2 saturated heterocycles. The molecule has 29 heavy (non-hydrogen) atoms. The maximum atomic E-state index is 13.6. The number of piperidine rings is 2. The van der Waals surface area contributed by atoms with Gasteiger partial charge in [-0.05, 0) is 68.6 Å². The van der Waals surface area contributed by atoms with E-state index in [1.165, 1.54) is 0 Å². The van der Waals surface area contributed by atoms with E-state index in [9.17, 15) is 13.2 Å². The quantitative estimate of drug-likeness (QED) is 0.795. The highest BCUT2D eigenvalue weighted by Gasteiger charge is 2.33. The SMILES string of the molecule is CC1CCN(c2ccc(C(=O)NC3CC3)cc2S(=O)(=O)N2CCC(C)CC2)CC1. The summed E-state index contributed by atoms with van der Waals surface area (Å²) in [5.41, 5.74) is 1.19. The summed E-state index contributed by atoms with van der Waals surface area (Å²) < 4.78 is 28.8. The van der Waals surface area contributed by atoms with E-state index < -0.39 is 10.0 Å². The molecule has 7 heteroatoms. The Balaban J connectivity index is 1.68. The molecule has 3 fully saturated rings. The van der Waals surface area contributed by atoms with Gasteiger partial charge in [0.05, 0.1) is 5.69 Å². The lowest BCUT2D eigenvalue weighted by Crippen LogP contribution is -2.40. The van der Waals surface area contributed by atoms with Crippen molar-refractivity contribution in [3.8, 4) is 0 Å². The molecule has 1 aromatic rings. The Bertz CT molecular complexity index is 850. The number of carbonyl (C=O) groups excluding carboxylic acids is 1. The van der Waals surface area contributed by atoms with Crippen LogP contribution in [0, 0.1) is 11.8 Å². The highest BCUT2D eigenvalue weighted by Crippen LogP contribution is 2.34. The third-order valence-electron chi connectivity index (χ3n) is 6.62. The van der Waals surface area contributed by atoms with Gasteiger partial charge in [0.1, 0.15) is 4.90 Å². The van der Waals surface area contributed by atoms with Gasteiger partial charge < -0.3 is 10.2 Å². The van der Waals surface area contributed by atoms with E-state index in [1.807, 2.05) is 6.07 Å². The van der Waals surface area contributed by atoms with Crippen LogP contribution in [-0.2, 0) is 10.0 Å². The average Bonchev–Trinajstić information content (AvgIpc) is 3.52. The van der Waals surface area contributed by atoms with Crippen molar-refractivity contribution < 1.29 is 13.2 Å². The van der Waals surface area contributed by atoms with Crippen LogP contribution in [0.1, 0.15) is 62.7 Å². The second kappa shape index (κ2) is 8.26. The Hall–Kier alpha value is -1.60. The molecule has 0 radical (unpaired) electrons. The number of nitrogens with zero attached hydrogens (tertiary/aromatic N) is 2. The monoisotopic (exact) mass is 419 g/mol. The summed E-state index contributed by atoms with van der Waals surface area (Å²) in [6, 6.07) is 5.48. The number of sulfonamides is 1. The van der Waals surface area contributed by atoms with Gasteiger partial charge in [0.2, 0.25) is 10.0 Å². The zero-order valence-corrected chi connectivity index (χ0v) is 18.4. The summed E-state index contributed by atoms with van der Waals surface area (Å²) in [7, 11) is -3.64. The maximum Gasteiger partial charge on any atom is 0.251 e. The van der Waals surface area contributed by atoms with Crippen LogP contribution >= 0.6 is 0 Å². The van der Waals surface area contributed by atoms with Crippen LogP contribution in [0.15, 0.2) is 23.1 Å². The highest BCUT2D eigenvalue weighted by molar-refractivity contribution is 7.89. The molecule has 1 aromatic carbocycles. The highest BCUT2D eigenvalue weighted by atomic mass is 32.2. The minimum atomic E-state index is -3.64. The number of amides is 1. The van der Waals surface area contributed by atoms with Crippen molar-refractivity contribution in [2.75, 3.05) is 31.1 Å². The van der Waals surface area contributed by atoms with Gasteiger partial charge in [-0.15, -0.1) is 0 Å². The zero-order valence-electron chi connectivity index (χ0n) is 17.6. The number of carbonyl (C=O) groups is 1. The molecule has 1 amide bonds. The molecule has 2 aliphatic heterocycles. The first-order valence-electron chi connectivity index (χ1n) is 11.0. The Morgan fingerprint density at radius 1 is 0.931 bits per heavy atom. The van der Waals surface area contributed by atoms with E-state index in [2.05, 4.69) is 24.1 Å². The van der Waals surface area contributed by atoms with Crippen LogP contribution in [0.4, 0.5) is 5.69 Å². The molecular weight excluding hydrogens is 386 g/mol. The van der Waals surface area contributed by atoms with E-state index >= 15 is 0 Å². The van der Waals surface area contributed by atoms with Crippen LogP contribution in [-0.4, -0.2) is 50.9 Å². The molecule has 1 aliphatic carbocycles. The Kier molecular flexibility index (Phi) is 5.89.